The molecule has 0 unspecified atom stereocenters. The summed E-state index contributed by atoms with van der Waals surface area (Å²) in [5.74, 6) is 0. The molecule has 0 radical (unpaired) electrons. The van der Waals surface area contributed by atoms with Gasteiger partial charge in [-0.1, -0.05) is 15.9 Å². The summed E-state index contributed by atoms with van der Waals surface area (Å²) < 4.78 is 0.991. The molecule has 2 nitrogen and oxygen atoms in total. The Bertz CT molecular complexity index is 469. The van der Waals surface area contributed by atoms with Crippen molar-refractivity contribution in [3.63, 3.8) is 0 Å². The third-order valence-corrected chi connectivity index (χ3v) is 3.13. The average Bonchev–Trinajstić information content (AvgIpc) is 2.49. The third-order valence-electron chi connectivity index (χ3n) is 1.49. The number of halogens is 1. The molecule has 12 heavy (non-hydrogen) atoms. The van der Waals surface area contributed by atoms with Crippen LogP contribution in [0.5, 0.6) is 0 Å². The highest BCUT2D eigenvalue weighted by Gasteiger charge is 2.03. The van der Waals surface area contributed by atoms with Gasteiger partial charge in [0.05, 0.1) is 0 Å². The highest BCUT2D eigenvalue weighted by Crippen LogP contribution is 2.28. The van der Waals surface area contributed by atoms with Crippen LogP contribution in [0.15, 0.2) is 22.8 Å². The standard InChI is InChI=1S/C8H3BrN2S/c9-7-1-2-11-8-6(7)3-5(4-10)12-8/h1-3H. The van der Waals surface area contributed by atoms with E-state index in [9.17, 15) is 0 Å². The van der Waals surface area contributed by atoms with Gasteiger partial charge >= 0.3 is 0 Å². The Balaban J connectivity index is 2.85. The van der Waals surface area contributed by atoms with Crippen LogP contribution in [-0.4, -0.2) is 4.98 Å². The highest BCUT2D eigenvalue weighted by molar-refractivity contribution is 9.10. The van der Waals surface area contributed by atoms with Crippen molar-refractivity contribution in [2.45, 2.75) is 0 Å². The average molecular weight is 239 g/mol. The Morgan fingerprint density at radius 2 is 2.42 bits per heavy atom. The normalized spacial score (nSPS) is 10.0. The molecular weight excluding hydrogens is 236 g/mol. The van der Waals surface area contributed by atoms with Gasteiger partial charge in [0.2, 0.25) is 0 Å². The Labute approximate surface area is 81.6 Å². The maximum Gasteiger partial charge on any atom is 0.125 e. The van der Waals surface area contributed by atoms with Crippen LogP contribution in [0.4, 0.5) is 0 Å². The molecule has 0 N–H and O–H groups in total. The zero-order chi connectivity index (χ0) is 8.55. The molecule has 2 rings (SSSR count). The van der Waals surface area contributed by atoms with Crippen LogP contribution < -0.4 is 0 Å². The summed E-state index contributed by atoms with van der Waals surface area (Å²) in [6.45, 7) is 0. The molecule has 0 bridgehead atoms. The molecule has 0 amide bonds. The number of hydrogen-bond acceptors (Lipinski definition) is 3. The summed E-state index contributed by atoms with van der Waals surface area (Å²) in [6.07, 6.45) is 1.73. The van der Waals surface area contributed by atoms with E-state index in [-0.39, 0.29) is 0 Å². The van der Waals surface area contributed by atoms with Crippen LogP contribution in [0.25, 0.3) is 10.2 Å². The predicted octanol–water partition coefficient (Wildman–Crippen LogP) is 2.93. The number of nitrogens with zero attached hydrogens (tertiary/aromatic N) is 2. The predicted molar refractivity (Wildman–Crippen MR) is 52.0 cm³/mol. The van der Waals surface area contributed by atoms with Crippen molar-refractivity contribution in [2.24, 2.45) is 0 Å². The van der Waals surface area contributed by atoms with Crippen LogP contribution in [-0.2, 0) is 0 Å². The van der Waals surface area contributed by atoms with Crippen LogP contribution in [0.3, 0.4) is 0 Å². The molecule has 58 valence electrons. The molecule has 2 aromatic heterocycles. The van der Waals surface area contributed by atoms with E-state index in [1.165, 1.54) is 11.3 Å². The molecule has 0 aromatic carbocycles. The van der Waals surface area contributed by atoms with E-state index in [0.29, 0.717) is 4.88 Å². The summed E-state index contributed by atoms with van der Waals surface area (Å²) in [4.78, 5) is 5.75. The van der Waals surface area contributed by atoms with Crippen molar-refractivity contribution in [1.29, 1.82) is 5.26 Å². The zero-order valence-corrected chi connectivity index (χ0v) is 8.32. The molecule has 0 saturated heterocycles. The minimum Gasteiger partial charge on any atom is -0.245 e. The summed E-state index contributed by atoms with van der Waals surface area (Å²) in [7, 11) is 0. The lowest BCUT2D eigenvalue weighted by Crippen LogP contribution is -1.69. The van der Waals surface area contributed by atoms with Crippen molar-refractivity contribution < 1.29 is 0 Å². The maximum atomic E-state index is 8.65. The monoisotopic (exact) mass is 238 g/mol. The first-order valence-electron chi connectivity index (χ1n) is 3.25. The molecular formula is C8H3BrN2S. The summed E-state index contributed by atoms with van der Waals surface area (Å²) >= 11 is 4.81. The lowest BCUT2D eigenvalue weighted by molar-refractivity contribution is 1.43. The molecule has 0 aliphatic carbocycles. The van der Waals surface area contributed by atoms with Gasteiger partial charge in [0.25, 0.3) is 0 Å². The molecule has 0 saturated carbocycles. The van der Waals surface area contributed by atoms with Gasteiger partial charge in [0.15, 0.2) is 0 Å². The van der Waals surface area contributed by atoms with Gasteiger partial charge < -0.3 is 0 Å². The van der Waals surface area contributed by atoms with Crippen LogP contribution >= 0.6 is 27.3 Å². The van der Waals surface area contributed by atoms with E-state index < -0.39 is 0 Å². The lowest BCUT2D eigenvalue weighted by atomic mass is 10.3. The number of aromatic nitrogens is 1. The topological polar surface area (TPSA) is 36.7 Å². The molecule has 0 fully saturated rings. The molecule has 0 atom stereocenters. The van der Waals surface area contributed by atoms with Crippen molar-refractivity contribution in [3.8, 4) is 6.07 Å². The van der Waals surface area contributed by atoms with Gasteiger partial charge in [-0.2, -0.15) is 5.26 Å². The Morgan fingerprint density at radius 3 is 3.08 bits per heavy atom. The number of fused-ring (bicyclic) bond motifs is 1. The Kier molecular flexibility index (Phi) is 1.83. The van der Waals surface area contributed by atoms with Gasteiger partial charge in [-0.05, 0) is 12.1 Å². The first kappa shape index (κ1) is 7.71. The fourth-order valence-electron chi connectivity index (χ4n) is 0.964. The summed E-state index contributed by atoms with van der Waals surface area (Å²) in [5.41, 5.74) is 0. The lowest BCUT2D eigenvalue weighted by Gasteiger charge is -1.88. The number of hydrogen-bond donors (Lipinski definition) is 0. The smallest absolute Gasteiger partial charge is 0.125 e. The quantitative estimate of drug-likeness (QED) is 0.708. The van der Waals surface area contributed by atoms with Gasteiger partial charge in [-0.15, -0.1) is 11.3 Å². The SMILES string of the molecule is N#Cc1cc2c(Br)ccnc2s1. The number of rotatable bonds is 0. The summed E-state index contributed by atoms with van der Waals surface area (Å²) in [6, 6.07) is 5.82. The van der Waals surface area contributed by atoms with Gasteiger partial charge in [-0.25, -0.2) is 4.98 Å². The fraction of sp³-hybridized carbons (Fsp3) is 0. The van der Waals surface area contributed by atoms with E-state index in [4.69, 9.17) is 5.26 Å². The second-order valence-electron chi connectivity index (χ2n) is 2.23. The second-order valence-corrected chi connectivity index (χ2v) is 4.12. The molecule has 0 aliphatic heterocycles. The van der Waals surface area contributed by atoms with E-state index >= 15 is 0 Å². The zero-order valence-electron chi connectivity index (χ0n) is 5.91. The molecule has 2 heterocycles. The number of pyridine rings is 1. The minimum absolute atomic E-state index is 0.699. The fourth-order valence-corrected chi connectivity index (χ4v) is 2.34. The van der Waals surface area contributed by atoms with Crippen LogP contribution in [0.1, 0.15) is 4.88 Å². The molecule has 0 spiro atoms. The van der Waals surface area contributed by atoms with Crippen molar-refractivity contribution in [3.05, 3.63) is 27.7 Å². The highest BCUT2D eigenvalue weighted by atomic mass is 79.9. The Hall–Kier alpha value is -0.920. The first-order valence-corrected chi connectivity index (χ1v) is 4.86. The van der Waals surface area contributed by atoms with Crippen LogP contribution in [0.2, 0.25) is 0 Å². The number of thiophene rings is 1. The van der Waals surface area contributed by atoms with Crippen molar-refractivity contribution in [2.75, 3.05) is 0 Å². The van der Waals surface area contributed by atoms with E-state index in [0.717, 1.165) is 14.7 Å². The summed E-state index contributed by atoms with van der Waals surface area (Å²) in [5, 5.41) is 9.66. The van der Waals surface area contributed by atoms with E-state index in [1.54, 1.807) is 6.20 Å². The van der Waals surface area contributed by atoms with E-state index in [2.05, 4.69) is 27.0 Å². The third kappa shape index (κ3) is 1.11. The second kappa shape index (κ2) is 2.85. The Morgan fingerprint density at radius 1 is 1.58 bits per heavy atom. The number of nitriles is 1. The van der Waals surface area contributed by atoms with Crippen molar-refractivity contribution >= 4 is 37.5 Å². The maximum absolute atomic E-state index is 8.65. The largest absolute Gasteiger partial charge is 0.245 e. The first-order chi connectivity index (χ1) is 5.81. The molecule has 0 aliphatic rings. The van der Waals surface area contributed by atoms with Gasteiger partial charge in [0, 0.05) is 16.1 Å². The minimum atomic E-state index is 0.699. The molecule has 4 heteroatoms. The van der Waals surface area contributed by atoms with Gasteiger partial charge in [-0.3, -0.25) is 0 Å². The molecule has 2 aromatic rings. The van der Waals surface area contributed by atoms with E-state index in [1.807, 2.05) is 12.1 Å². The van der Waals surface area contributed by atoms with Gasteiger partial charge in [0.1, 0.15) is 15.8 Å². The van der Waals surface area contributed by atoms with Crippen molar-refractivity contribution in [1.82, 2.24) is 4.98 Å². The van der Waals surface area contributed by atoms with Crippen LogP contribution in [0, 0.1) is 11.3 Å².